The molecule has 0 aromatic heterocycles. The van der Waals surface area contributed by atoms with Crippen LogP contribution in [0.5, 0.6) is 0 Å². The third-order valence-corrected chi connectivity index (χ3v) is 7.46. The first-order valence-corrected chi connectivity index (χ1v) is 16.3. The zero-order valence-electron chi connectivity index (χ0n) is 24.7. The van der Waals surface area contributed by atoms with Gasteiger partial charge in [-0.1, -0.05) is 18.2 Å². The normalized spacial score (nSPS) is 17.6. The average Bonchev–Trinajstić information content (AvgIpc) is 2.97. The summed E-state index contributed by atoms with van der Waals surface area (Å²) in [5.41, 5.74) is 2.74. The van der Waals surface area contributed by atoms with Crippen LogP contribution < -0.4 is 10.6 Å². The molecule has 0 saturated heterocycles. The number of halogens is 7. The van der Waals surface area contributed by atoms with Gasteiger partial charge in [0.25, 0.3) is 0 Å². The Bertz CT molecular complexity index is 1400. The number of urea groups is 1. The van der Waals surface area contributed by atoms with Gasteiger partial charge in [-0.05, 0) is 143 Å². The molecule has 2 aromatic rings. The number of benzene rings is 2. The molecule has 0 bridgehead atoms. The van der Waals surface area contributed by atoms with Crippen molar-refractivity contribution in [3.63, 3.8) is 0 Å². The molecular formula is C29H30Cl6FN3O8. The minimum Gasteiger partial charge on any atom is -0.469 e. The lowest BCUT2D eigenvalue weighted by Crippen LogP contribution is -2.39. The molecule has 2 N–H and O–H groups in total. The number of carbonyl (C=O) groups excluding carboxylic acids is 4. The Balaban J connectivity index is 0.000000426. The van der Waals surface area contributed by atoms with Gasteiger partial charge < -0.3 is 34.5 Å². The van der Waals surface area contributed by atoms with Crippen molar-refractivity contribution >= 4 is 105 Å². The molecule has 0 spiro atoms. The van der Waals surface area contributed by atoms with Crippen LogP contribution in [0.1, 0.15) is 43.2 Å². The number of hydrogen-bond donors (Lipinski definition) is 2. The summed E-state index contributed by atoms with van der Waals surface area (Å²) in [6.45, 7) is 0.960. The maximum absolute atomic E-state index is 13.7. The summed E-state index contributed by atoms with van der Waals surface area (Å²) < 4.78 is 27.7. The molecule has 1 aliphatic heterocycles. The fourth-order valence-corrected chi connectivity index (χ4v) is 5.21. The molecule has 18 heteroatoms. The van der Waals surface area contributed by atoms with Crippen LogP contribution in [-0.4, -0.2) is 56.9 Å². The van der Waals surface area contributed by atoms with Crippen molar-refractivity contribution in [2.45, 2.75) is 59.1 Å². The van der Waals surface area contributed by atoms with Gasteiger partial charge in [0.1, 0.15) is 11.9 Å². The number of carbonyl (C=O) groups is 4. The van der Waals surface area contributed by atoms with Crippen LogP contribution in [0.4, 0.5) is 30.1 Å². The molecule has 2 aliphatic rings. The van der Waals surface area contributed by atoms with Crippen LogP contribution in [0.2, 0.25) is 0 Å². The van der Waals surface area contributed by atoms with Crippen LogP contribution in [0.25, 0.3) is 0 Å². The minimum absolute atomic E-state index is 0.106. The van der Waals surface area contributed by atoms with Gasteiger partial charge in [-0.25, -0.2) is 18.8 Å². The molecule has 2 aromatic carbocycles. The Labute approximate surface area is 300 Å². The van der Waals surface area contributed by atoms with E-state index in [2.05, 4.69) is 20.1 Å². The highest BCUT2D eigenvalue weighted by Crippen LogP contribution is 2.33. The molecular weight excluding hydrogens is 750 g/mol. The quantitative estimate of drug-likeness (QED) is 0.175. The van der Waals surface area contributed by atoms with E-state index in [1.807, 2.05) is 12.1 Å². The average molecular weight is 780 g/mol. The molecule has 4 rings (SSSR count). The van der Waals surface area contributed by atoms with Gasteiger partial charge in [0.15, 0.2) is 0 Å². The van der Waals surface area contributed by atoms with E-state index in [0.717, 1.165) is 36.8 Å². The summed E-state index contributed by atoms with van der Waals surface area (Å²) in [5.74, 6) is -0.410. The van der Waals surface area contributed by atoms with E-state index in [9.17, 15) is 23.6 Å². The van der Waals surface area contributed by atoms with E-state index < -0.39 is 26.0 Å². The molecule has 1 aliphatic carbocycles. The summed E-state index contributed by atoms with van der Waals surface area (Å²) >= 11 is 30.2. The molecule has 0 radical (unpaired) electrons. The van der Waals surface area contributed by atoms with Crippen molar-refractivity contribution in [2.24, 2.45) is 5.92 Å². The van der Waals surface area contributed by atoms with Crippen molar-refractivity contribution in [1.82, 2.24) is 4.90 Å². The van der Waals surface area contributed by atoms with E-state index in [4.69, 9.17) is 79.1 Å². The first-order chi connectivity index (χ1) is 22.0. The molecule has 258 valence electrons. The van der Waals surface area contributed by atoms with E-state index >= 15 is 0 Å². The lowest BCUT2D eigenvalue weighted by Gasteiger charge is -2.32. The number of para-hydroxylation sites is 1. The highest BCUT2D eigenvalue weighted by molar-refractivity contribution is 6.67. The van der Waals surface area contributed by atoms with Crippen LogP contribution >= 0.6 is 69.6 Å². The van der Waals surface area contributed by atoms with E-state index in [1.54, 1.807) is 23.1 Å². The van der Waals surface area contributed by atoms with Gasteiger partial charge in [-0.15, -0.1) is 0 Å². The van der Waals surface area contributed by atoms with Gasteiger partial charge in [0, 0.05) is 25.2 Å². The lowest BCUT2D eigenvalue weighted by molar-refractivity contribution is -0.142. The SMILES string of the molecule is COC(=O)CC1CCC(OC(=O)N2CCc3cc(NC(=O)Nc4ccccc4F)ccc3C2)CC1.O=C(OC(Cl)(Cl)Cl)OC(Cl)(Cl)Cl. The first kappa shape index (κ1) is 38.8. The van der Waals surface area contributed by atoms with Crippen molar-refractivity contribution in [2.75, 3.05) is 24.3 Å². The van der Waals surface area contributed by atoms with Crippen molar-refractivity contribution in [3.8, 4) is 0 Å². The smallest absolute Gasteiger partial charge is 0.469 e. The predicted molar refractivity (Wildman–Crippen MR) is 177 cm³/mol. The standard InChI is InChI=1S/C26H30FN3O5.C3Cl6O3/c1-34-24(31)14-17-6-10-21(11-7-17)35-26(33)30-13-12-18-15-20(9-8-19(18)16-30)28-25(32)29-23-5-3-2-4-22(23)27;4-2(5,6)11-1(10)12-3(7,8)9/h2-5,8-9,15,17,21H,6-7,10-14,16H2,1H3,(H2,28,29,32);. The third-order valence-electron chi connectivity index (χ3n) is 7.00. The first-order valence-electron chi connectivity index (χ1n) is 14.0. The number of anilines is 2. The van der Waals surface area contributed by atoms with Crippen LogP contribution in [0.3, 0.4) is 0 Å². The topological polar surface area (TPSA) is 132 Å². The number of nitrogens with one attached hydrogen (secondary N) is 2. The Morgan fingerprint density at radius 1 is 0.894 bits per heavy atom. The lowest BCUT2D eigenvalue weighted by atomic mass is 9.85. The molecule has 1 heterocycles. The second-order valence-electron chi connectivity index (χ2n) is 10.4. The molecule has 11 nitrogen and oxygen atoms in total. The zero-order valence-corrected chi connectivity index (χ0v) is 29.2. The van der Waals surface area contributed by atoms with E-state index in [1.165, 1.54) is 19.2 Å². The molecule has 0 atom stereocenters. The molecule has 1 saturated carbocycles. The van der Waals surface area contributed by atoms with Crippen molar-refractivity contribution in [1.29, 1.82) is 0 Å². The second-order valence-corrected chi connectivity index (χ2v) is 14.7. The molecule has 1 fully saturated rings. The van der Waals surface area contributed by atoms with E-state index in [0.29, 0.717) is 31.6 Å². The maximum atomic E-state index is 13.7. The maximum Gasteiger partial charge on any atom is 0.515 e. The Hall–Kier alpha value is -2.61. The van der Waals surface area contributed by atoms with Crippen molar-refractivity contribution < 1.29 is 42.5 Å². The fourth-order valence-electron chi connectivity index (χ4n) is 4.83. The number of ether oxygens (including phenoxy) is 4. The van der Waals surface area contributed by atoms with Gasteiger partial charge >= 0.3 is 32.2 Å². The number of nitrogens with zero attached hydrogens (tertiary/aromatic N) is 1. The second kappa shape index (κ2) is 17.7. The van der Waals surface area contributed by atoms with Crippen LogP contribution in [-0.2, 0) is 36.7 Å². The Morgan fingerprint density at radius 2 is 1.53 bits per heavy atom. The predicted octanol–water partition coefficient (Wildman–Crippen LogP) is 8.88. The number of methoxy groups -OCH3 is 1. The van der Waals surface area contributed by atoms with Crippen molar-refractivity contribution in [3.05, 3.63) is 59.4 Å². The van der Waals surface area contributed by atoms with Crippen LogP contribution in [0, 0.1) is 11.7 Å². The third kappa shape index (κ3) is 14.2. The molecule has 0 unspecified atom stereocenters. The summed E-state index contributed by atoms with van der Waals surface area (Å²) in [5, 5.41) is 5.22. The number of rotatable bonds is 5. The number of alkyl halides is 6. The monoisotopic (exact) mass is 777 g/mol. The Kier molecular flexibility index (Phi) is 14.6. The Morgan fingerprint density at radius 3 is 2.13 bits per heavy atom. The summed E-state index contributed by atoms with van der Waals surface area (Å²) in [7, 11) is 1.40. The molecule has 47 heavy (non-hydrogen) atoms. The largest absolute Gasteiger partial charge is 0.515 e. The number of esters is 1. The molecule has 3 amide bonds. The highest BCUT2D eigenvalue weighted by Gasteiger charge is 2.33. The zero-order chi connectivity index (χ0) is 34.8. The van der Waals surface area contributed by atoms with Gasteiger partial charge in [0.05, 0.1) is 12.8 Å². The highest BCUT2D eigenvalue weighted by atomic mass is 35.6. The van der Waals surface area contributed by atoms with Gasteiger partial charge in [-0.2, -0.15) is 0 Å². The minimum atomic E-state index is -2.24. The van der Waals surface area contributed by atoms with E-state index in [-0.39, 0.29) is 29.8 Å². The summed E-state index contributed by atoms with van der Waals surface area (Å²) in [6.07, 6.45) is 2.39. The number of amides is 3. The van der Waals surface area contributed by atoms with Gasteiger partial charge in [-0.3, -0.25) is 4.79 Å². The number of fused-ring (bicyclic) bond motifs is 1. The van der Waals surface area contributed by atoms with Gasteiger partial charge in [0.2, 0.25) is 0 Å². The summed E-state index contributed by atoms with van der Waals surface area (Å²) in [4.78, 5) is 48.6. The van der Waals surface area contributed by atoms with Crippen LogP contribution in [0.15, 0.2) is 42.5 Å². The summed E-state index contributed by atoms with van der Waals surface area (Å²) in [6, 6.07) is 11.0. The number of hydrogen-bond acceptors (Lipinski definition) is 8. The fraction of sp³-hybridized carbons (Fsp3) is 0.448.